The first-order chi connectivity index (χ1) is 6.75. The highest BCUT2D eigenvalue weighted by Crippen LogP contribution is 2.16. The Bertz CT molecular complexity index is 377. The second-order valence-electron chi connectivity index (χ2n) is 3.09. The highest BCUT2D eigenvalue weighted by molar-refractivity contribution is 9.10. The van der Waals surface area contributed by atoms with Crippen LogP contribution in [0.3, 0.4) is 0 Å². The number of hydrogen-bond acceptors (Lipinski definition) is 2. The van der Waals surface area contributed by atoms with Gasteiger partial charge in [0.25, 0.3) is 0 Å². The Morgan fingerprint density at radius 1 is 1.00 bits per heavy atom. The number of hydrogen-bond donors (Lipinski definition) is 0. The van der Waals surface area contributed by atoms with Crippen molar-refractivity contribution in [3.05, 3.63) is 46.7 Å². The molecule has 0 atom stereocenters. The van der Waals surface area contributed by atoms with Crippen LogP contribution in [0.15, 0.2) is 41.1 Å². The zero-order valence-electron chi connectivity index (χ0n) is 7.74. The van der Waals surface area contributed by atoms with E-state index in [9.17, 15) is 0 Å². The topological polar surface area (TPSA) is 25.8 Å². The summed E-state index contributed by atoms with van der Waals surface area (Å²) in [6.45, 7) is 2.06. The lowest BCUT2D eigenvalue weighted by Gasteiger charge is -1.99. The number of rotatable bonds is 1. The van der Waals surface area contributed by atoms with Crippen molar-refractivity contribution in [3.8, 4) is 11.4 Å². The van der Waals surface area contributed by atoms with Crippen molar-refractivity contribution in [3.63, 3.8) is 0 Å². The summed E-state index contributed by atoms with van der Waals surface area (Å²) in [5.74, 6) is 0.758. The lowest BCUT2D eigenvalue weighted by molar-refractivity contribution is 1.16. The lowest BCUT2D eigenvalue weighted by atomic mass is 10.1. The minimum Gasteiger partial charge on any atom is -0.235 e. The summed E-state index contributed by atoms with van der Waals surface area (Å²) in [6, 6.07) is 8.17. The molecule has 0 aliphatic carbocycles. The standard InChI is InChI=1S/C11H9BrN2/c1-8-2-4-9(5-3-8)11-13-6-10(12)7-14-11/h2-7H,1H3. The molecule has 0 spiro atoms. The second kappa shape index (κ2) is 3.88. The minimum absolute atomic E-state index is 0.758. The van der Waals surface area contributed by atoms with Gasteiger partial charge in [-0.25, -0.2) is 9.97 Å². The fourth-order valence-electron chi connectivity index (χ4n) is 1.16. The van der Waals surface area contributed by atoms with Gasteiger partial charge in [-0.3, -0.25) is 0 Å². The van der Waals surface area contributed by atoms with Crippen LogP contribution in [0.2, 0.25) is 0 Å². The van der Waals surface area contributed by atoms with Crippen molar-refractivity contribution in [2.75, 3.05) is 0 Å². The van der Waals surface area contributed by atoms with Gasteiger partial charge in [0.2, 0.25) is 0 Å². The van der Waals surface area contributed by atoms with Crippen molar-refractivity contribution in [2.45, 2.75) is 6.92 Å². The van der Waals surface area contributed by atoms with Crippen molar-refractivity contribution in [1.29, 1.82) is 0 Å². The molecule has 0 N–H and O–H groups in total. The molecule has 0 aliphatic heterocycles. The van der Waals surface area contributed by atoms with E-state index in [2.05, 4.69) is 45.0 Å². The van der Waals surface area contributed by atoms with E-state index in [-0.39, 0.29) is 0 Å². The molecule has 14 heavy (non-hydrogen) atoms. The first-order valence-electron chi connectivity index (χ1n) is 4.30. The van der Waals surface area contributed by atoms with Gasteiger partial charge in [0.15, 0.2) is 5.82 Å². The third-order valence-electron chi connectivity index (χ3n) is 1.93. The zero-order chi connectivity index (χ0) is 9.97. The van der Waals surface area contributed by atoms with E-state index in [4.69, 9.17) is 0 Å². The van der Waals surface area contributed by atoms with Crippen LogP contribution < -0.4 is 0 Å². The molecule has 2 aromatic rings. The molecule has 0 saturated carbocycles. The Hall–Kier alpha value is -1.22. The van der Waals surface area contributed by atoms with Crippen molar-refractivity contribution in [1.82, 2.24) is 9.97 Å². The Balaban J connectivity index is 2.40. The smallest absolute Gasteiger partial charge is 0.159 e. The molecule has 0 unspecified atom stereocenters. The molecular weight excluding hydrogens is 240 g/mol. The molecule has 0 fully saturated rings. The van der Waals surface area contributed by atoms with Gasteiger partial charge in [0.05, 0.1) is 4.47 Å². The third-order valence-corrected chi connectivity index (χ3v) is 2.34. The van der Waals surface area contributed by atoms with E-state index >= 15 is 0 Å². The van der Waals surface area contributed by atoms with Crippen LogP contribution in [0, 0.1) is 6.92 Å². The lowest BCUT2D eigenvalue weighted by Crippen LogP contribution is -1.87. The van der Waals surface area contributed by atoms with E-state index in [1.807, 2.05) is 12.1 Å². The van der Waals surface area contributed by atoms with Crippen LogP contribution in [-0.4, -0.2) is 9.97 Å². The van der Waals surface area contributed by atoms with Gasteiger partial charge in [-0.05, 0) is 22.9 Å². The van der Waals surface area contributed by atoms with Crippen LogP contribution in [0.5, 0.6) is 0 Å². The molecular formula is C11H9BrN2. The molecule has 1 aromatic heterocycles. The SMILES string of the molecule is Cc1ccc(-c2ncc(Br)cn2)cc1. The Labute approximate surface area is 91.2 Å². The van der Waals surface area contributed by atoms with E-state index in [1.54, 1.807) is 12.4 Å². The van der Waals surface area contributed by atoms with E-state index < -0.39 is 0 Å². The molecule has 1 heterocycles. The summed E-state index contributed by atoms with van der Waals surface area (Å²) in [5, 5.41) is 0. The fraction of sp³-hybridized carbons (Fsp3) is 0.0909. The van der Waals surface area contributed by atoms with Gasteiger partial charge in [-0.2, -0.15) is 0 Å². The third kappa shape index (κ3) is 1.99. The first kappa shape index (κ1) is 9.34. The van der Waals surface area contributed by atoms with Gasteiger partial charge in [-0.1, -0.05) is 29.8 Å². The van der Waals surface area contributed by atoms with Crippen molar-refractivity contribution >= 4 is 15.9 Å². The summed E-state index contributed by atoms with van der Waals surface area (Å²) < 4.78 is 0.897. The maximum atomic E-state index is 4.22. The molecule has 2 rings (SSSR count). The zero-order valence-corrected chi connectivity index (χ0v) is 9.32. The fourth-order valence-corrected chi connectivity index (χ4v) is 1.37. The van der Waals surface area contributed by atoms with Gasteiger partial charge < -0.3 is 0 Å². The van der Waals surface area contributed by atoms with Gasteiger partial charge in [-0.15, -0.1) is 0 Å². The molecule has 2 nitrogen and oxygen atoms in total. The summed E-state index contributed by atoms with van der Waals surface area (Å²) in [5.41, 5.74) is 2.29. The van der Waals surface area contributed by atoms with Crippen LogP contribution in [0.1, 0.15) is 5.56 Å². The molecule has 3 heteroatoms. The average Bonchev–Trinajstić information content (AvgIpc) is 2.21. The predicted octanol–water partition coefficient (Wildman–Crippen LogP) is 3.21. The summed E-state index contributed by atoms with van der Waals surface area (Å²) in [6.07, 6.45) is 3.50. The second-order valence-corrected chi connectivity index (χ2v) is 4.01. The van der Waals surface area contributed by atoms with Crippen LogP contribution in [0.25, 0.3) is 11.4 Å². The Morgan fingerprint density at radius 2 is 1.57 bits per heavy atom. The van der Waals surface area contributed by atoms with Crippen molar-refractivity contribution in [2.24, 2.45) is 0 Å². The van der Waals surface area contributed by atoms with Gasteiger partial charge in [0, 0.05) is 18.0 Å². The van der Waals surface area contributed by atoms with Gasteiger partial charge >= 0.3 is 0 Å². The quantitative estimate of drug-likeness (QED) is 0.775. The molecule has 0 bridgehead atoms. The minimum atomic E-state index is 0.758. The van der Waals surface area contributed by atoms with Crippen LogP contribution in [0.4, 0.5) is 0 Å². The summed E-state index contributed by atoms with van der Waals surface area (Å²) in [4.78, 5) is 8.44. The monoisotopic (exact) mass is 248 g/mol. The highest BCUT2D eigenvalue weighted by atomic mass is 79.9. The van der Waals surface area contributed by atoms with Crippen molar-refractivity contribution < 1.29 is 0 Å². The highest BCUT2D eigenvalue weighted by Gasteiger charge is 1.99. The first-order valence-corrected chi connectivity index (χ1v) is 5.09. The molecule has 0 aliphatic rings. The average molecular weight is 249 g/mol. The number of benzene rings is 1. The summed E-state index contributed by atoms with van der Waals surface area (Å²) >= 11 is 3.30. The van der Waals surface area contributed by atoms with E-state index in [0.29, 0.717) is 0 Å². The van der Waals surface area contributed by atoms with Crippen LogP contribution >= 0.6 is 15.9 Å². The molecule has 0 saturated heterocycles. The number of aromatic nitrogens is 2. The Morgan fingerprint density at radius 3 is 2.14 bits per heavy atom. The van der Waals surface area contributed by atoms with E-state index in [0.717, 1.165) is 15.9 Å². The van der Waals surface area contributed by atoms with Crippen LogP contribution in [-0.2, 0) is 0 Å². The number of nitrogens with zero attached hydrogens (tertiary/aromatic N) is 2. The molecule has 0 amide bonds. The summed E-state index contributed by atoms with van der Waals surface area (Å²) in [7, 11) is 0. The van der Waals surface area contributed by atoms with E-state index in [1.165, 1.54) is 5.56 Å². The predicted molar refractivity (Wildman–Crippen MR) is 59.9 cm³/mol. The maximum absolute atomic E-state index is 4.22. The molecule has 70 valence electrons. The normalized spacial score (nSPS) is 10.1. The Kier molecular flexibility index (Phi) is 2.59. The largest absolute Gasteiger partial charge is 0.235 e. The number of halogens is 1. The maximum Gasteiger partial charge on any atom is 0.159 e. The number of aryl methyl sites for hydroxylation is 1. The molecule has 0 radical (unpaired) electrons. The van der Waals surface area contributed by atoms with Gasteiger partial charge in [0.1, 0.15) is 0 Å². The molecule has 1 aromatic carbocycles.